The summed E-state index contributed by atoms with van der Waals surface area (Å²) in [7, 11) is 0. The van der Waals surface area contributed by atoms with E-state index in [1.54, 1.807) is 0 Å². The molecule has 2 unspecified atom stereocenters. The molecule has 2 atom stereocenters. The third kappa shape index (κ3) is 3.13. The van der Waals surface area contributed by atoms with Crippen LogP contribution in [-0.2, 0) is 11.2 Å². The topological polar surface area (TPSA) is 64.8 Å². The molecule has 2 aliphatic rings. The number of rotatable bonds is 3. The van der Waals surface area contributed by atoms with Crippen molar-refractivity contribution in [2.45, 2.75) is 32.2 Å². The predicted molar refractivity (Wildman–Crippen MR) is 79.2 cm³/mol. The molecule has 1 saturated heterocycles. The highest BCUT2D eigenvalue weighted by Crippen LogP contribution is 2.32. The number of hydrogen-bond acceptors (Lipinski definition) is 4. The predicted octanol–water partition coefficient (Wildman–Crippen LogP) is 1.54. The number of fused-ring (bicyclic) bond motifs is 1. The van der Waals surface area contributed by atoms with E-state index in [9.17, 15) is 4.79 Å². The molecule has 0 bridgehead atoms. The molecule has 0 aromatic heterocycles. The summed E-state index contributed by atoms with van der Waals surface area (Å²) in [4.78, 5) is 14.4. The summed E-state index contributed by atoms with van der Waals surface area (Å²) < 4.78 is 10.6. The summed E-state index contributed by atoms with van der Waals surface area (Å²) in [5, 5.41) is 0. The van der Waals surface area contributed by atoms with Crippen LogP contribution >= 0.6 is 0 Å². The Bertz CT molecular complexity index is 530. The van der Waals surface area contributed by atoms with Gasteiger partial charge in [0, 0.05) is 19.1 Å². The van der Waals surface area contributed by atoms with Crippen LogP contribution in [0.5, 0.6) is 11.5 Å². The summed E-state index contributed by atoms with van der Waals surface area (Å²) in [6.07, 6.45) is 2.56. The zero-order valence-electron chi connectivity index (χ0n) is 12.4. The normalized spacial score (nSPS) is 22.2. The Balaban J connectivity index is 1.63. The van der Waals surface area contributed by atoms with Gasteiger partial charge in [-0.25, -0.2) is 0 Å². The van der Waals surface area contributed by atoms with Gasteiger partial charge < -0.3 is 20.1 Å². The van der Waals surface area contributed by atoms with Crippen LogP contribution in [0.15, 0.2) is 18.2 Å². The number of carbonyl (C=O) groups is 1. The largest absolute Gasteiger partial charge is 0.454 e. The standard InChI is InChI=1S/C16H22N2O3/c1-11(17)13-3-2-6-18(9-13)16(19)8-12-4-5-14-15(7-12)21-10-20-14/h4-5,7,11,13H,2-3,6,8-10,17H2,1H3. The van der Waals surface area contributed by atoms with Crippen LogP contribution in [0.2, 0.25) is 0 Å². The molecule has 2 N–H and O–H groups in total. The molecular formula is C16H22N2O3. The fourth-order valence-electron chi connectivity index (χ4n) is 3.00. The molecule has 0 spiro atoms. The first-order chi connectivity index (χ1) is 10.1. The fraction of sp³-hybridized carbons (Fsp3) is 0.562. The summed E-state index contributed by atoms with van der Waals surface area (Å²) in [5.41, 5.74) is 6.94. The first kappa shape index (κ1) is 14.2. The molecule has 21 heavy (non-hydrogen) atoms. The van der Waals surface area contributed by atoms with Gasteiger partial charge in [0.1, 0.15) is 0 Å². The molecule has 1 amide bonds. The second kappa shape index (κ2) is 5.93. The van der Waals surface area contributed by atoms with Crippen molar-refractivity contribution in [3.63, 3.8) is 0 Å². The van der Waals surface area contributed by atoms with E-state index in [4.69, 9.17) is 15.2 Å². The van der Waals surface area contributed by atoms with Crippen LogP contribution in [-0.4, -0.2) is 36.7 Å². The van der Waals surface area contributed by atoms with Crippen LogP contribution in [0.25, 0.3) is 0 Å². The first-order valence-electron chi connectivity index (χ1n) is 7.55. The van der Waals surface area contributed by atoms with Crippen LogP contribution in [0.1, 0.15) is 25.3 Å². The van der Waals surface area contributed by atoms with Gasteiger partial charge in [0.25, 0.3) is 0 Å². The minimum absolute atomic E-state index is 0.145. The molecule has 3 rings (SSSR count). The highest BCUT2D eigenvalue weighted by Gasteiger charge is 2.26. The van der Waals surface area contributed by atoms with Crippen molar-refractivity contribution >= 4 is 5.91 Å². The Hall–Kier alpha value is -1.75. The van der Waals surface area contributed by atoms with Gasteiger partial charge in [-0.1, -0.05) is 6.07 Å². The Labute approximate surface area is 125 Å². The van der Waals surface area contributed by atoms with Crippen molar-refractivity contribution in [1.29, 1.82) is 0 Å². The Morgan fingerprint density at radius 2 is 2.24 bits per heavy atom. The lowest BCUT2D eigenvalue weighted by molar-refractivity contribution is -0.132. The molecule has 0 aliphatic carbocycles. The smallest absolute Gasteiger partial charge is 0.231 e. The number of nitrogens with zero attached hydrogens (tertiary/aromatic N) is 1. The summed E-state index contributed by atoms with van der Waals surface area (Å²) >= 11 is 0. The van der Waals surface area contributed by atoms with Crippen LogP contribution in [0, 0.1) is 5.92 Å². The molecule has 114 valence electrons. The van der Waals surface area contributed by atoms with Crippen molar-refractivity contribution in [3.8, 4) is 11.5 Å². The molecular weight excluding hydrogens is 268 g/mol. The summed E-state index contributed by atoms with van der Waals surface area (Å²) in [5.74, 6) is 2.06. The molecule has 2 aliphatic heterocycles. The Morgan fingerprint density at radius 1 is 1.43 bits per heavy atom. The van der Waals surface area contributed by atoms with E-state index in [1.807, 2.05) is 30.0 Å². The lowest BCUT2D eigenvalue weighted by Crippen LogP contribution is -2.45. The molecule has 5 nitrogen and oxygen atoms in total. The third-order valence-electron chi connectivity index (χ3n) is 4.35. The first-order valence-corrected chi connectivity index (χ1v) is 7.55. The maximum Gasteiger partial charge on any atom is 0.231 e. The van der Waals surface area contributed by atoms with Crippen LogP contribution in [0.4, 0.5) is 0 Å². The highest BCUT2D eigenvalue weighted by atomic mass is 16.7. The number of nitrogens with two attached hydrogens (primary N) is 1. The van der Waals surface area contributed by atoms with Gasteiger partial charge in [-0.2, -0.15) is 0 Å². The lowest BCUT2D eigenvalue weighted by Gasteiger charge is -2.34. The van der Waals surface area contributed by atoms with E-state index < -0.39 is 0 Å². The summed E-state index contributed by atoms with van der Waals surface area (Å²) in [6.45, 7) is 3.90. The number of ether oxygens (including phenoxy) is 2. The Kier molecular flexibility index (Phi) is 4.01. The molecule has 0 saturated carbocycles. The number of carbonyl (C=O) groups excluding carboxylic acids is 1. The van der Waals surface area contributed by atoms with Crippen molar-refractivity contribution in [1.82, 2.24) is 4.90 Å². The minimum atomic E-state index is 0.145. The molecule has 1 aromatic carbocycles. The zero-order valence-corrected chi connectivity index (χ0v) is 12.4. The SMILES string of the molecule is CC(N)C1CCCN(C(=O)Cc2ccc3c(c2)OCO3)C1. The van der Waals surface area contributed by atoms with E-state index in [0.717, 1.165) is 43.0 Å². The van der Waals surface area contributed by atoms with Crippen molar-refractivity contribution < 1.29 is 14.3 Å². The fourth-order valence-corrected chi connectivity index (χ4v) is 3.00. The van der Waals surface area contributed by atoms with E-state index in [2.05, 4.69) is 0 Å². The maximum absolute atomic E-state index is 12.4. The van der Waals surface area contributed by atoms with Crippen LogP contribution < -0.4 is 15.2 Å². The van der Waals surface area contributed by atoms with E-state index in [1.165, 1.54) is 0 Å². The summed E-state index contributed by atoms with van der Waals surface area (Å²) in [6, 6.07) is 5.84. The lowest BCUT2D eigenvalue weighted by atomic mass is 9.92. The van der Waals surface area contributed by atoms with E-state index in [0.29, 0.717) is 12.3 Å². The number of likely N-dealkylation sites (tertiary alicyclic amines) is 1. The molecule has 1 fully saturated rings. The molecule has 2 heterocycles. The average Bonchev–Trinajstić information content (AvgIpc) is 2.95. The van der Waals surface area contributed by atoms with E-state index >= 15 is 0 Å². The minimum Gasteiger partial charge on any atom is -0.454 e. The van der Waals surface area contributed by atoms with E-state index in [-0.39, 0.29) is 18.7 Å². The van der Waals surface area contributed by atoms with Crippen molar-refractivity contribution in [2.75, 3.05) is 19.9 Å². The van der Waals surface area contributed by atoms with Crippen LogP contribution in [0.3, 0.4) is 0 Å². The van der Waals surface area contributed by atoms with Gasteiger partial charge >= 0.3 is 0 Å². The van der Waals surface area contributed by atoms with Gasteiger partial charge in [0.15, 0.2) is 11.5 Å². The maximum atomic E-state index is 12.4. The van der Waals surface area contributed by atoms with Crippen molar-refractivity contribution in [2.24, 2.45) is 11.7 Å². The molecule has 1 aromatic rings. The number of benzene rings is 1. The third-order valence-corrected chi connectivity index (χ3v) is 4.35. The molecule has 5 heteroatoms. The van der Waals surface area contributed by atoms with Gasteiger partial charge in [-0.3, -0.25) is 4.79 Å². The second-order valence-electron chi connectivity index (χ2n) is 5.97. The quantitative estimate of drug-likeness (QED) is 0.917. The number of piperidine rings is 1. The highest BCUT2D eigenvalue weighted by molar-refractivity contribution is 5.79. The number of amides is 1. The van der Waals surface area contributed by atoms with Gasteiger partial charge in [0.05, 0.1) is 6.42 Å². The Morgan fingerprint density at radius 3 is 3.05 bits per heavy atom. The van der Waals surface area contributed by atoms with Crippen molar-refractivity contribution in [3.05, 3.63) is 23.8 Å². The number of hydrogen-bond donors (Lipinski definition) is 1. The average molecular weight is 290 g/mol. The van der Waals surface area contributed by atoms with Gasteiger partial charge in [-0.15, -0.1) is 0 Å². The zero-order chi connectivity index (χ0) is 14.8. The second-order valence-corrected chi connectivity index (χ2v) is 5.97. The van der Waals surface area contributed by atoms with Gasteiger partial charge in [0.2, 0.25) is 12.7 Å². The van der Waals surface area contributed by atoms with Gasteiger partial charge in [-0.05, 0) is 43.4 Å². The monoisotopic (exact) mass is 290 g/mol. The molecule has 0 radical (unpaired) electrons.